The summed E-state index contributed by atoms with van der Waals surface area (Å²) in [6, 6.07) is 8.44. The van der Waals surface area contributed by atoms with Gasteiger partial charge in [0.1, 0.15) is 5.82 Å². The van der Waals surface area contributed by atoms with Crippen LogP contribution in [0.2, 0.25) is 0 Å². The molecule has 0 aliphatic rings. The van der Waals surface area contributed by atoms with Crippen molar-refractivity contribution in [3.05, 3.63) is 41.0 Å². The van der Waals surface area contributed by atoms with Crippen LogP contribution in [0, 0.1) is 0 Å². The number of hydrogen-bond donors (Lipinski definition) is 1. The molecule has 0 aliphatic heterocycles. The minimum Gasteiger partial charge on any atom is -0.383 e. The zero-order valence-electron chi connectivity index (χ0n) is 9.59. The first kappa shape index (κ1) is 13.0. The Labute approximate surface area is 114 Å². The van der Waals surface area contributed by atoms with Crippen LogP contribution in [0.15, 0.2) is 45.9 Å². The molecular weight excluding hydrogens is 316 g/mol. The summed E-state index contributed by atoms with van der Waals surface area (Å²) in [5, 5.41) is 0. The molecule has 0 saturated heterocycles. The summed E-state index contributed by atoms with van der Waals surface area (Å²) in [5.74, 6) is 0.365. The molecule has 2 rings (SSSR count). The fourth-order valence-corrected chi connectivity index (χ4v) is 2.57. The van der Waals surface area contributed by atoms with Gasteiger partial charge in [-0.25, -0.2) is 13.4 Å². The van der Waals surface area contributed by atoms with Crippen LogP contribution in [0.1, 0.15) is 0 Å². The van der Waals surface area contributed by atoms with Gasteiger partial charge in [-0.3, -0.25) is 0 Å². The van der Waals surface area contributed by atoms with Gasteiger partial charge in [0.05, 0.1) is 4.90 Å². The van der Waals surface area contributed by atoms with E-state index in [1.807, 2.05) is 6.07 Å². The van der Waals surface area contributed by atoms with Gasteiger partial charge in [0.25, 0.3) is 0 Å². The van der Waals surface area contributed by atoms with Crippen molar-refractivity contribution in [2.75, 3.05) is 12.0 Å². The first-order valence-corrected chi connectivity index (χ1v) is 7.78. The highest BCUT2D eigenvalue weighted by molar-refractivity contribution is 9.10. The lowest BCUT2D eigenvalue weighted by atomic mass is 10.1. The number of benzene rings is 1. The van der Waals surface area contributed by atoms with Crippen LogP contribution in [0.3, 0.4) is 0 Å². The minimum atomic E-state index is -3.23. The predicted molar refractivity (Wildman–Crippen MR) is 74.9 cm³/mol. The second-order valence-electron chi connectivity index (χ2n) is 3.89. The summed E-state index contributed by atoms with van der Waals surface area (Å²) in [6.07, 6.45) is 2.77. The Balaban J connectivity index is 2.62. The van der Waals surface area contributed by atoms with E-state index in [1.54, 1.807) is 30.5 Å². The second-order valence-corrected chi connectivity index (χ2v) is 6.82. The van der Waals surface area contributed by atoms with E-state index in [4.69, 9.17) is 5.73 Å². The highest BCUT2D eigenvalue weighted by atomic mass is 79.9. The Morgan fingerprint density at radius 3 is 2.67 bits per heavy atom. The SMILES string of the molecule is CS(=O)(=O)c1cccc(-c2cc(Br)cnc2N)c1. The average molecular weight is 327 g/mol. The number of pyridine rings is 1. The molecule has 1 aromatic carbocycles. The lowest BCUT2D eigenvalue weighted by Crippen LogP contribution is -1.98. The van der Waals surface area contributed by atoms with Gasteiger partial charge in [-0.15, -0.1) is 0 Å². The van der Waals surface area contributed by atoms with Crippen molar-refractivity contribution in [3.63, 3.8) is 0 Å². The molecule has 0 bridgehead atoms. The van der Waals surface area contributed by atoms with E-state index in [-0.39, 0.29) is 4.90 Å². The lowest BCUT2D eigenvalue weighted by Gasteiger charge is -2.07. The van der Waals surface area contributed by atoms with Crippen molar-refractivity contribution in [3.8, 4) is 11.1 Å². The maximum Gasteiger partial charge on any atom is 0.175 e. The molecule has 0 amide bonds. The normalized spacial score (nSPS) is 11.4. The third-order valence-corrected chi connectivity index (χ3v) is 4.00. The van der Waals surface area contributed by atoms with Crippen molar-refractivity contribution in [2.45, 2.75) is 4.90 Å². The van der Waals surface area contributed by atoms with Gasteiger partial charge in [-0.05, 0) is 39.7 Å². The maximum absolute atomic E-state index is 11.5. The van der Waals surface area contributed by atoms with Crippen molar-refractivity contribution in [1.29, 1.82) is 0 Å². The predicted octanol–water partition coefficient (Wildman–Crippen LogP) is 2.50. The molecule has 6 heteroatoms. The largest absolute Gasteiger partial charge is 0.383 e. The maximum atomic E-state index is 11.5. The Morgan fingerprint density at radius 1 is 1.28 bits per heavy atom. The van der Waals surface area contributed by atoms with Crippen molar-refractivity contribution in [2.24, 2.45) is 0 Å². The molecule has 0 saturated carbocycles. The molecule has 4 nitrogen and oxygen atoms in total. The van der Waals surface area contributed by atoms with Gasteiger partial charge in [0, 0.05) is 22.5 Å². The number of aromatic nitrogens is 1. The average Bonchev–Trinajstić information content (AvgIpc) is 2.31. The molecule has 2 aromatic rings. The molecule has 0 radical (unpaired) electrons. The van der Waals surface area contributed by atoms with Crippen molar-refractivity contribution >= 4 is 31.6 Å². The fourth-order valence-electron chi connectivity index (χ4n) is 1.58. The molecular formula is C12H11BrN2O2S. The molecule has 0 fully saturated rings. The molecule has 1 aromatic heterocycles. The van der Waals surface area contributed by atoms with Gasteiger partial charge in [0.15, 0.2) is 9.84 Å². The standard InChI is InChI=1S/C12H11BrN2O2S/c1-18(16,17)10-4-2-3-8(5-10)11-6-9(13)7-15-12(11)14/h2-7H,1H3,(H2,14,15). The molecule has 1 heterocycles. The number of nitrogen functional groups attached to an aromatic ring is 1. The van der Waals surface area contributed by atoms with Crippen LogP contribution < -0.4 is 5.73 Å². The van der Waals surface area contributed by atoms with E-state index in [9.17, 15) is 8.42 Å². The van der Waals surface area contributed by atoms with E-state index in [1.165, 1.54) is 6.26 Å². The Hall–Kier alpha value is -1.40. The molecule has 0 aliphatic carbocycles. The van der Waals surface area contributed by atoms with Gasteiger partial charge in [-0.1, -0.05) is 12.1 Å². The fraction of sp³-hybridized carbons (Fsp3) is 0.0833. The number of rotatable bonds is 2. The zero-order valence-corrected chi connectivity index (χ0v) is 12.0. The number of nitrogens with zero attached hydrogens (tertiary/aromatic N) is 1. The molecule has 0 atom stereocenters. The summed E-state index contributed by atoms with van der Waals surface area (Å²) in [7, 11) is -3.23. The van der Waals surface area contributed by atoms with Gasteiger partial charge in [-0.2, -0.15) is 0 Å². The van der Waals surface area contributed by atoms with Crippen LogP contribution in [0.25, 0.3) is 11.1 Å². The Kier molecular flexibility index (Phi) is 3.41. The Bertz CT molecular complexity index is 699. The molecule has 18 heavy (non-hydrogen) atoms. The third kappa shape index (κ3) is 2.70. The lowest BCUT2D eigenvalue weighted by molar-refractivity contribution is 0.602. The molecule has 2 N–H and O–H groups in total. The van der Waals surface area contributed by atoms with Crippen LogP contribution in [0.4, 0.5) is 5.82 Å². The van der Waals surface area contributed by atoms with Crippen LogP contribution in [0.5, 0.6) is 0 Å². The van der Waals surface area contributed by atoms with Crippen molar-refractivity contribution < 1.29 is 8.42 Å². The quantitative estimate of drug-likeness (QED) is 0.920. The van der Waals surface area contributed by atoms with E-state index in [0.29, 0.717) is 11.4 Å². The molecule has 0 spiro atoms. The summed E-state index contributed by atoms with van der Waals surface area (Å²) in [5.41, 5.74) is 7.23. The second kappa shape index (κ2) is 4.70. The van der Waals surface area contributed by atoms with Gasteiger partial charge in [0.2, 0.25) is 0 Å². The van der Waals surface area contributed by atoms with E-state index in [0.717, 1.165) is 10.0 Å². The number of anilines is 1. The summed E-state index contributed by atoms with van der Waals surface area (Å²) in [6.45, 7) is 0. The minimum absolute atomic E-state index is 0.263. The monoisotopic (exact) mass is 326 g/mol. The third-order valence-electron chi connectivity index (χ3n) is 2.46. The van der Waals surface area contributed by atoms with E-state index >= 15 is 0 Å². The zero-order chi connectivity index (χ0) is 13.3. The summed E-state index contributed by atoms with van der Waals surface area (Å²) < 4.78 is 23.8. The number of halogens is 1. The highest BCUT2D eigenvalue weighted by Crippen LogP contribution is 2.28. The smallest absolute Gasteiger partial charge is 0.175 e. The van der Waals surface area contributed by atoms with Crippen LogP contribution in [-0.2, 0) is 9.84 Å². The van der Waals surface area contributed by atoms with Gasteiger partial charge < -0.3 is 5.73 Å². The highest BCUT2D eigenvalue weighted by Gasteiger charge is 2.10. The van der Waals surface area contributed by atoms with E-state index < -0.39 is 9.84 Å². The first-order valence-electron chi connectivity index (χ1n) is 5.09. The topological polar surface area (TPSA) is 73.0 Å². The number of sulfone groups is 1. The molecule has 94 valence electrons. The first-order chi connectivity index (χ1) is 8.38. The van der Waals surface area contributed by atoms with Crippen LogP contribution >= 0.6 is 15.9 Å². The summed E-state index contributed by atoms with van der Waals surface area (Å²) >= 11 is 3.32. The van der Waals surface area contributed by atoms with Crippen molar-refractivity contribution in [1.82, 2.24) is 4.98 Å². The van der Waals surface area contributed by atoms with E-state index in [2.05, 4.69) is 20.9 Å². The summed E-state index contributed by atoms with van der Waals surface area (Å²) in [4.78, 5) is 4.29. The van der Waals surface area contributed by atoms with Crippen LogP contribution in [-0.4, -0.2) is 19.7 Å². The molecule has 0 unspecified atom stereocenters. The van der Waals surface area contributed by atoms with Gasteiger partial charge >= 0.3 is 0 Å². The Morgan fingerprint density at radius 2 is 2.00 bits per heavy atom. The number of hydrogen-bond acceptors (Lipinski definition) is 4. The number of nitrogens with two attached hydrogens (primary N) is 1.